The van der Waals surface area contributed by atoms with Crippen molar-refractivity contribution >= 4 is 5.97 Å². The van der Waals surface area contributed by atoms with E-state index in [2.05, 4.69) is 18.1 Å². The van der Waals surface area contributed by atoms with Crippen LogP contribution in [0.15, 0.2) is 22.7 Å². The molecule has 0 unspecified atom stereocenters. The predicted molar refractivity (Wildman–Crippen MR) is 65.4 cm³/mol. The second kappa shape index (κ2) is 3.98. The molecule has 1 aromatic heterocycles. The number of carbonyl (C=O) groups excluding carboxylic acids is 1. The quantitative estimate of drug-likeness (QED) is 0.722. The summed E-state index contributed by atoms with van der Waals surface area (Å²) < 4.78 is 10.0. The van der Waals surface area contributed by atoms with Crippen molar-refractivity contribution in [2.24, 2.45) is 0 Å². The molecule has 0 radical (unpaired) electrons. The van der Waals surface area contributed by atoms with Crippen LogP contribution in [0.5, 0.6) is 0 Å². The number of aryl methyl sites for hydroxylation is 2. The molecule has 3 rings (SSSR count). The molecule has 4 heteroatoms. The van der Waals surface area contributed by atoms with Crippen LogP contribution < -0.4 is 0 Å². The third kappa shape index (κ3) is 1.53. The second-order valence-electron chi connectivity index (χ2n) is 4.49. The second-order valence-corrected chi connectivity index (χ2v) is 4.49. The maximum absolute atomic E-state index is 11.6. The highest BCUT2D eigenvalue weighted by Gasteiger charge is 2.27. The Kier molecular flexibility index (Phi) is 2.44. The molecule has 0 fully saturated rings. The molecule has 0 saturated carbocycles. The van der Waals surface area contributed by atoms with E-state index >= 15 is 0 Å². The third-order valence-corrected chi connectivity index (χ3v) is 3.32. The summed E-state index contributed by atoms with van der Waals surface area (Å²) in [6.07, 6.45) is 1.66. The fourth-order valence-electron chi connectivity index (χ4n) is 2.42. The van der Waals surface area contributed by atoms with Gasteiger partial charge in [-0.05, 0) is 25.3 Å². The molecule has 92 valence electrons. The van der Waals surface area contributed by atoms with E-state index in [0.717, 1.165) is 24.0 Å². The Labute approximate surface area is 105 Å². The van der Waals surface area contributed by atoms with Crippen LogP contribution in [0.25, 0.3) is 11.3 Å². The SMILES string of the molecule is COC(=O)c1noc2c1CCc1cc(C)ccc1-2. The summed E-state index contributed by atoms with van der Waals surface area (Å²) >= 11 is 0. The van der Waals surface area contributed by atoms with Gasteiger partial charge in [-0.2, -0.15) is 0 Å². The summed E-state index contributed by atoms with van der Waals surface area (Å²) in [7, 11) is 1.35. The largest absolute Gasteiger partial charge is 0.464 e. The Hall–Kier alpha value is -2.10. The fraction of sp³-hybridized carbons (Fsp3) is 0.286. The van der Waals surface area contributed by atoms with Crippen LogP contribution in [0.2, 0.25) is 0 Å². The lowest BCUT2D eigenvalue weighted by atomic mass is 9.88. The first-order valence-corrected chi connectivity index (χ1v) is 5.87. The van der Waals surface area contributed by atoms with Crippen molar-refractivity contribution < 1.29 is 14.1 Å². The predicted octanol–water partition coefficient (Wildman–Crippen LogP) is 2.54. The first-order chi connectivity index (χ1) is 8.70. The first kappa shape index (κ1) is 11.0. The van der Waals surface area contributed by atoms with Crippen LogP contribution in [0.3, 0.4) is 0 Å². The Morgan fingerprint density at radius 2 is 2.22 bits per heavy atom. The van der Waals surface area contributed by atoms with Gasteiger partial charge >= 0.3 is 5.97 Å². The van der Waals surface area contributed by atoms with Gasteiger partial charge in [0.25, 0.3) is 0 Å². The molecule has 4 nitrogen and oxygen atoms in total. The van der Waals surface area contributed by atoms with Gasteiger partial charge in [0.05, 0.1) is 7.11 Å². The highest BCUT2D eigenvalue weighted by atomic mass is 16.5. The molecule has 0 saturated heterocycles. The number of methoxy groups -OCH3 is 1. The molecule has 0 N–H and O–H groups in total. The highest BCUT2D eigenvalue weighted by molar-refractivity contribution is 5.91. The summed E-state index contributed by atoms with van der Waals surface area (Å²) in [6.45, 7) is 2.07. The van der Waals surface area contributed by atoms with E-state index in [0.29, 0.717) is 11.5 Å². The molecular formula is C14H13NO3. The molecule has 1 aliphatic carbocycles. The minimum absolute atomic E-state index is 0.304. The Morgan fingerprint density at radius 3 is 3.00 bits per heavy atom. The number of carbonyl (C=O) groups is 1. The summed E-state index contributed by atoms with van der Waals surface area (Å²) in [5, 5.41) is 3.84. The monoisotopic (exact) mass is 243 g/mol. The fourth-order valence-corrected chi connectivity index (χ4v) is 2.42. The smallest absolute Gasteiger partial charge is 0.360 e. The number of ether oxygens (including phenoxy) is 1. The van der Waals surface area contributed by atoms with Crippen molar-refractivity contribution in [2.45, 2.75) is 19.8 Å². The maximum Gasteiger partial charge on any atom is 0.360 e. The van der Waals surface area contributed by atoms with E-state index in [4.69, 9.17) is 9.26 Å². The number of aromatic nitrogens is 1. The van der Waals surface area contributed by atoms with Crippen molar-refractivity contribution in [3.8, 4) is 11.3 Å². The average Bonchev–Trinajstić information content (AvgIpc) is 2.81. The number of hydrogen-bond donors (Lipinski definition) is 0. The molecule has 18 heavy (non-hydrogen) atoms. The van der Waals surface area contributed by atoms with Gasteiger partial charge in [-0.25, -0.2) is 4.79 Å². The molecule has 0 spiro atoms. The Balaban J connectivity index is 2.15. The van der Waals surface area contributed by atoms with Crippen molar-refractivity contribution in [1.82, 2.24) is 5.16 Å². The number of fused-ring (bicyclic) bond motifs is 3. The first-order valence-electron chi connectivity index (χ1n) is 5.87. The van der Waals surface area contributed by atoms with Crippen molar-refractivity contribution in [3.05, 3.63) is 40.6 Å². The van der Waals surface area contributed by atoms with Crippen molar-refractivity contribution in [1.29, 1.82) is 0 Å². The zero-order valence-corrected chi connectivity index (χ0v) is 10.3. The molecule has 0 atom stereocenters. The summed E-state index contributed by atoms with van der Waals surface area (Å²) in [4.78, 5) is 11.6. The molecule has 0 aliphatic heterocycles. The van der Waals surface area contributed by atoms with E-state index in [1.54, 1.807) is 0 Å². The Bertz CT molecular complexity index is 628. The van der Waals surface area contributed by atoms with Gasteiger partial charge in [0.1, 0.15) is 0 Å². The van der Waals surface area contributed by atoms with Crippen LogP contribution in [-0.2, 0) is 17.6 Å². The number of rotatable bonds is 1. The highest BCUT2D eigenvalue weighted by Crippen LogP contribution is 2.35. The van der Waals surface area contributed by atoms with Gasteiger partial charge in [0.2, 0.25) is 0 Å². The summed E-state index contributed by atoms with van der Waals surface area (Å²) in [5.74, 6) is 0.271. The van der Waals surface area contributed by atoms with E-state index in [-0.39, 0.29) is 0 Å². The van der Waals surface area contributed by atoms with Gasteiger partial charge in [-0.1, -0.05) is 28.9 Å². The van der Waals surface area contributed by atoms with Crippen LogP contribution in [0, 0.1) is 6.92 Å². The average molecular weight is 243 g/mol. The van der Waals surface area contributed by atoms with Gasteiger partial charge in [0, 0.05) is 11.1 Å². The zero-order valence-electron chi connectivity index (χ0n) is 10.3. The number of esters is 1. The lowest BCUT2D eigenvalue weighted by Gasteiger charge is -2.14. The number of nitrogens with zero attached hydrogens (tertiary/aromatic N) is 1. The summed E-state index contributed by atoms with van der Waals surface area (Å²) in [6, 6.07) is 6.21. The standard InChI is InChI=1S/C14H13NO3/c1-8-3-5-10-9(7-8)4-6-11-12(14(16)17-2)15-18-13(10)11/h3,5,7H,4,6H2,1-2H3. The van der Waals surface area contributed by atoms with Crippen LogP contribution in [0.1, 0.15) is 27.2 Å². The molecule has 1 heterocycles. The van der Waals surface area contributed by atoms with Crippen LogP contribution in [0.4, 0.5) is 0 Å². The number of benzene rings is 1. The zero-order chi connectivity index (χ0) is 12.7. The van der Waals surface area contributed by atoms with Gasteiger partial charge in [-0.15, -0.1) is 0 Å². The van der Waals surface area contributed by atoms with Crippen molar-refractivity contribution in [3.63, 3.8) is 0 Å². The third-order valence-electron chi connectivity index (χ3n) is 3.32. The molecular weight excluding hydrogens is 230 g/mol. The van der Waals surface area contributed by atoms with E-state index in [1.807, 2.05) is 12.1 Å². The lowest BCUT2D eigenvalue weighted by Crippen LogP contribution is -2.09. The van der Waals surface area contributed by atoms with Crippen LogP contribution in [-0.4, -0.2) is 18.2 Å². The van der Waals surface area contributed by atoms with Gasteiger partial charge in [0.15, 0.2) is 11.5 Å². The van der Waals surface area contributed by atoms with Crippen LogP contribution >= 0.6 is 0 Å². The minimum atomic E-state index is -0.435. The number of hydrogen-bond acceptors (Lipinski definition) is 4. The molecule has 0 amide bonds. The topological polar surface area (TPSA) is 52.3 Å². The minimum Gasteiger partial charge on any atom is -0.464 e. The van der Waals surface area contributed by atoms with Gasteiger partial charge < -0.3 is 9.26 Å². The van der Waals surface area contributed by atoms with E-state index in [9.17, 15) is 4.79 Å². The van der Waals surface area contributed by atoms with E-state index < -0.39 is 5.97 Å². The normalized spacial score (nSPS) is 12.8. The molecule has 0 bridgehead atoms. The molecule has 2 aromatic rings. The van der Waals surface area contributed by atoms with E-state index in [1.165, 1.54) is 18.2 Å². The molecule has 1 aliphatic rings. The lowest BCUT2D eigenvalue weighted by molar-refractivity contribution is 0.0588. The summed E-state index contributed by atoms with van der Waals surface area (Å²) in [5.41, 5.74) is 4.67. The van der Waals surface area contributed by atoms with Gasteiger partial charge in [-0.3, -0.25) is 0 Å². The molecule has 1 aromatic carbocycles. The maximum atomic E-state index is 11.6. The Morgan fingerprint density at radius 1 is 1.39 bits per heavy atom. The van der Waals surface area contributed by atoms with Crippen molar-refractivity contribution in [2.75, 3.05) is 7.11 Å².